The molecule has 1 fully saturated rings. The molecule has 0 radical (unpaired) electrons. The van der Waals surface area contributed by atoms with Gasteiger partial charge in [-0.15, -0.1) is 0 Å². The molecule has 0 aliphatic carbocycles. The average molecular weight is 263 g/mol. The van der Waals surface area contributed by atoms with Gasteiger partial charge in [-0.1, -0.05) is 6.92 Å². The summed E-state index contributed by atoms with van der Waals surface area (Å²) in [6.07, 6.45) is 3.17. The molecule has 2 rings (SSSR count). The molecule has 0 bridgehead atoms. The Morgan fingerprint density at radius 3 is 3.00 bits per heavy atom. The van der Waals surface area contributed by atoms with Gasteiger partial charge < -0.3 is 10.0 Å². The number of anilines is 1. The Morgan fingerprint density at radius 2 is 2.32 bits per heavy atom. The Morgan fingerprint density at radius 1 is 1.53 bits per heavy atom. The summed E-state index contributed by atoms with van der Waals surface area (Å²) in [5.41, 5.74) is 1.04. The lowest BCUT2D eigenvalue weighted by atomic mass is 9.95. The fourth-order valence-corrected chi connectivity index (χ4v) is 2.64. The topological polar surface area (TPSA) is 66.3 Å². The summed E-state index contributed by atoms with van der Waals surface area (Å²) in [5.74, 6) is 1.25. The van der Waals surface area contributed by atoms with Crippen LogP contribution in [0.4, 0.5) is 5.82 Å². The zero-order valence-corrected chi connectivity index (χ0v) is 11.6. The molecule has 1 aliphatic heterocycles. The van der Waals surface area contributed by atoms with E-state index in [9.17, 15) is 4.79 Å². The number of carboxylic acids is 1. The summed E-state index contributed by atoms with van der Waals surface area (Å²) in [6.45, 7) is 5.72. The maximum absolute atomic E-state index is 10.8. The predicted molar refractivity (Wildman–Crippen MR) is 73.3 cm³/mol. The number of nitrogens with zero attached hydrogens (tertiary/aromatic N) is 3. The van der Waals surface area contributed by atoms with E-state index >= 15 is 0 Å². The number of hydrogen-bond donors (Lipinski definition) is 1. The lowest BCUT2D eigenvalue weighted by molar-refractivity contribution is -0.138. The average Bonchev–Trinajstić information content (AvgIpc) is 2.37. The number of aliphatic carboxylic acids is 1. The van der Waals surface area contributed by atoms with Crippen molar-refractivity contribution in [2.75, 3.05) is 18.0 Å². The van der Waals surface area contributed by atoms with Crippen LogP contribution >= 0.6 is 0 Å². The Balaban J connectivity index is 2.12. The lowest BCUT2D eigenvalue weighted by Crippen LogP contribution is -2.37. The van der Waals surface area contributed by atoms with Gasteiger partial charge in [-0.3, -0.25) is 4.79 Å². The Hall–Kier alpha value is -1.65. The van der Waals surface area contributed by atoms with Crippen LogP contribution < -0.4 is 4.90 Å². The third-order valence-electron chi connectivity index (χ3n) is 3.55. The highest BCUT2D eigenvalue weighted by Crippen LogP contribution is 2.24. The number of piperidine rings is 1. The van der Waals surface area contributed by atoms with E-state index in [-0.39, 0.29) is 12.3 Å². The van der Waals surface area contributed by atoms with Crippen LogP contribution in [0.1, 0.15) is 37.7 Å². The number of aryl methyl sites for hydroxylation is 2. The van der Waals surface area contributed by atoms with Crippen LogP contribution in [-0.4, -0.2) is 34.1 Å². The molecular formula is C14H21N3O2. The van der Waals surface area contributed by atoms with Gasteiger partial charge in [-0.05, 0) is 32.1 Å². The van der Waals surface area contributed by atoms with E-state index in [0.717, 1.165) is 49.7 Å². The normalized spacial score (nSPS) is 19.5. The van der Waals surface area contributed by atoms with Crippen molar-refractivity contribution < 1.29 is 9.90 Å². The van der Waals surface area contributed by atoms with E-state index in [2.05, 4.69) is 21.8 Å². The summed E-state index contributed by atoms with van der Waals surface area (Å²) in [6, 6.07) is 2.02. The number of hydrogen-bond acceptors (Lipinski definition) is 4. The molecule has 1 aromatic rings. The van der Waals surface area contributed by atoms with Gasteiger partial charge in [0.05, 0.1) is 0 Å². The molecule has 1 unspecified atom stereocenters. The smallest absolute Gasteiger partial charge is 0.303 e. The Labute approximate surface area is 113 Å². The molecule has 0 saturated carbocycles. The molecule has 5 nitrogen and oxygen atoms in total. The SMILES string of the molecule is CCc1cc(N2CCCC(CC(=O)O)C2)nc(C)n1. The van der Waals surface area contributed by atoms with Crippen molar-refractivity contribution in [1.29, 1.82) is 0 Å². The molecule has 1 atom stereocenters. The summed E-state index contributed by atoms with van der Waals surface area (Å²) in [7, 11) is 0. The third kappa shape index (κ3) is 3.66. The van der Waals surface area contributed by atoms with Crippen LogP contribution in [0.15, 0.2) is 6.07 Å². The maximum atomic E-state index is 10.8. The number of carboxylic acid groups (broad SMARTS) is 1. The highest BCUT2D eigenvalue weighted by Gasteiger charge is 2.23. The van der Waals surface area contributed by atoms with Crippen LogP contribution in [0, 0.1) is 12.8 Å². The van der Waals surface area contributed by atoms with E-state index < -0.39 is 5.97 Å². The molecule has 1 N–H and O–H groups in total. The van der Waals surface area contributed by atoms with Gasteiger partial charge in [-0.2, -0.15) is 0 Å². The second-order valence-corrected chi connectivity index (χ2v) is 5.17. The van der Waals surface area contributed by atoms with Crippen molar-refractivity contribution in [3.05, 3.63) is 17.6 Å². The molecular weight excluding hydrogens is 242 g/mol. The van der Waals surface area contributed by atoms with Gasteiger partial charge in [0.2, 0.25) is 0 Å². The minimum Gasteiger partial charge on any atom is -0.481 e. The van der Waals surface area contributed by atoms with Crippen molar-refractivity contribution in [2.45, 2.75) is 39.5 Å². The first-order chi connectivity index (χ1) is 9.08. The molecule has 19 heavy (non-hydrogen) atoms. The van der Waals surface area contributed by atoms with Gasteiger partial charge in [0.1, 0.15) is 11.6 Å². The molecule has 2 heterocycles. The molecule has 104 valence electrons. The van der Waals surface area contributed by atoms with E-state index in [1.165, 1.54) is 0 Å². The predicted octanol–water partition coefficient (Wildman–Crippen LogP) is 2.04. The van der Waals surface area contributed by atoms with Crippen LogP contribution in [0.5, 0.6) is 0 Å². The second-order valence-electron chi connectivity index (χ2n) is 5.17. The quantitative estimate of drug-likeness (QED) is 0.900. The first-order valence-corrected chi connectivity index (χ1v) is 6.89. The second kappa shape index (κ2) is 5.99. The van der Waals surface area contributed by atoms with E-state index in [1.807, 2.05) is 13.0 Å². The van der Waals surface area contributed by atoms with Gasteiger partial charge in [0.25, 0.3) is 0 Å². The van der Waals surface area contributed by atoms with Crippen molar-refractivity contribution in [2.24, 2.45) is 5.92 Å². The zero-order chi connectivity index (χ0) is 13.8. The first kappa shape index (κ1) is 13.8. The van der Waals surface area contributed by atoms with Gasteiger partial charge in [0, 0.05) is 31.3 Å². The Bertz CT molecular complexity index is 462. The molecule has 0 spiro atoms. The van der Waals surface area contributed by atoms with Crippen molar-refractivity contribution in [3.8, 4) is 0 Å². The van der Waals surface area contributed by atoms with E-state index in [1.54, 1.807) is 0 Å². The zero-order valence-electron chi connectivity index (χ0n) is 11.6. The minimum absolute atomic E-state index is 0.228. The molecule has 1 aromatic heterocycles. The Kier molecular flexibility index (Phi) is 4.35. The maximum Gasteiger partial charge on any atom is 0.303 e. The third-order valence-corrected chi connectivity index (χ3v) is 3.55. The summed E-state index contributed by atoms with van der Waals surface area (Å²) in [4.78, 5) is 21.9. The van der Waals surface area contributed by atoms with E-state index in [4.69, 9.17) is 5.11 Å². The number of rotatable bonds is 4. The van der Waals surface area contributed by atoms with Crippen LogP contribution in [-0.2, 0) is 11.2 Å². The summed E-state index contributed by atoms with van der Waals surface area (Å²) >= 11 is 0. The van der Waals surface area contributed by atoms with Gasteiger partial charge in [0.15, 0.2) is 0 Å². The fourth-order valence-electron chi connectivity index (χ4n) is 2.64. The highest BCUT2D eigenvalue weighted by molar-refractivity contribution is 5.67. The van der Waals surface area contributed by atoms with Crippen molar-refractivity contribution in [1.82, 2.24) is 9.97 Å². The highest BCUT2D eigenvalue weighted by atomic mass is 16.4. The van der Waals surface area contributed by atoms with Crippen LogP contribution in [0.2, 0.25) is 0 Å². The summed E-state index contributed by atoms with van der Waals surface area (Å²) in [5, 5.41) is 8.90. The van der Waals surface area contributed by atoms with Gasteiger partial charge in [-0.25, -0.2) is 9.97 Å². The number of aromatic nitrogens is 2. The molecule has 5 heteroatoms. The first-order valence-electron chi connectivity index (χ1n) is 6.89. The van der Waals surface area contributed by atoms with Crippen LogP contribution in [0.25, 0.3) is 0 Å². The minimum atomic E-state index is -0.708. The molecule has 0 amide bonds. The van der Waals surface area contributed by atoms with E-state index in [0.29, 0.717) is 0 Å². The summed E-state index contributed by atoms with van der Waals surface area (Å²) < 4.78 is 0. The standard InChI is InChI=1S/C14H21N3O2/c1-3-12-8-13(16-10(2)15-12)17-6-4-5-11(9-17)7-14(18)19/h8,11H,3-7,9H2,1-2H3,(H,18,19). The molecule has 1 saturated heterocycles. The number of carbonyl (C=O) groups is 1. The van der Waals surface area contributed by atoms with Crippen molar-refractivity contribution in [3.63, 3.8) is 0 Å². The fraction of sp³-hybridized carbons (Fsp3) is 0.643. The van der Waals surface area contributed by atoms with Gasteiger partial charge >= 0.3 is 5.97 Å². The van der Waals surface area contributed by atoms with Crippen molar-refractivity contribution >= 4 is 11.8 Å². The lowest BCUT2D eigenvalue weighted by Gasteiger charge is -2.33. The largest absolute Gasteiger partial charge is 0.481 e. The monoisotopic (exact) mass is 263 g/mol. The molecule has 0 aromatic carbocycles. The molecule has 1 aliphatic rings. The van der Waals surface area contributed by atoms with Crippen LogP contribution in [0.3, 0.4) is 0 Å².